The third-order valence-electron chi connectivity index (χ3n) is 2.19. The highest BCUT2D eigenvalue weighted by Crippen LogP contribution is 1.94. The van der Waals surface area contributed by atoms with Gasteiger partial charge in [0, 0.05) is 13.1 Å². The standard InChI is InChI=1S/C11H21N3O4/c1-4-6-14(7-9(15)16)11(18)13-8(3)10(17)12-5-2/h8H,4-7H2,1-3H3,(H,12,17)(H,13,18)(H,15,16). The SMILES string of the molecule is CCCN(CC(=O)O)C(=O)NC(C)C(=O)NCC. The molecule has 3 amide bonds. The molecule has 0 fully saturated rings. The van der Waals surface area contributed by atoms with Crippen LogP contribution in [0.1, 0.15) is 27.2 Å². The van der Waals surface area contributed by atoms with Crippen molar-refractivity contribution in [2.24, 2.45) is 0 Å². The second kappa shape index (κ2) is 8.32. The smallest absolute Gasteiger partial charge is 0.323 e. The summed E-state index contributed by atoms with van der Waals surface area (Å²) in [6.45, 7) is 5.61. The van der Waals surface area contributed by atoms with Crippen molar-refractivity contribution in [3.8, 4) is 0 Å². The van der Waals surface area contributed by atoms with Crippen molar-refractivity contribution in [1.29, 1.82) is 0 Å². The Morgan fingerprint density at radius 1 is 1.28 bits per heavy atom. The van der Waals surface area contributed by atoms with E-state index in [1.807, 2.05) is 6.92 Å². The lowest BCUT2D eigenvalue weighted by atomic mass is 10.3. The van der Waals surface area contributed by atoms with Crippen molar-refractivity contribution in [3.63, 3.8) is 0 Å². The molecular weight excluding hydrogens is 238 g/mol. The number of carbonyl (C=O) groups excluding carboxylic acids is 2. The Morgan fingerprint density at radius 2 is 1.89 bits per heavy atom. The van der Waals surface area contributed by atoms with E-state index in [0.29, 0.717) is 19.5 Å². The van der Waals surface area contributed by atoms with Gasteiger partial charge < -0.3 is 20.6 Å². The summed E-state index contributed by atoms with van der Waals surface area (Å²) in [6.07, 6.45) is 0.649. The number of hydrogen-bond acceptors (Lipinski definition) is 3. The van der Waals surface area contributed by atoms with Crippen LogP contribution in [0.2, 0.25) is 0 Å². The average Bonchev–Trinajstić information content (AvgIpc) is 2.28. The normalized spacial score (nSPS) is 11.5. The maximum Gasteiger partial charge on any atom is 0.323 e. The zero-order valence-corrected chi connectivity index (χ0v) is 11.0. The first-order valence-electron chi connectivity index (χ1n) is 5.97. The molecule has 3 N–H and O–H groups in total. The molecule has 0 radical (unpaired) electrons. The first-order valence-corrected chi connectivity index (χ1v) is 5.97. The second-order valence-electron chi connectivity index (χ2n) is 3.88. The van der Waals surface area contributed by atoms with E-state index in [1.54, 1.807) is 13.8 Å². The number of amides is 3. The Morgan fingerprint density at radius 3 is 2.33 bits per heavy atom. The molecule has 104 valence electrons. The number of rotatable bonds is 7. The van der Waals surface area contributed by atoms with Gasteiger partial charge in [-0.2, -0.15) is 0 Å². The predicted octanol–water partition coefficient (Wildman–Crippen LogP) is 0.0172. The highest BCUT2D eigenvalue weighted by molar-refractivity contribution is 5.87. The second-order valence-corrected chi connectivity index (χ2v) is 3.88. The molecule has 0 aliphatic carbocycles. The molecule has 0 aromatic rings. The van der Waals surface area contributed by atoms with Gasteiger partial charge in [0.25, 0.3) is 0 Å². The third kappa shape index (κ3) is 6.07. The lowest BCUT2D eigenvalue weighted by molar-refractivity contribution is -0.137. The Hall–Kier alpha value is -1.79. The van der Waals surface area contributed by atoms with Crippen LogP contribution >= 0.6 is 0 Å². The summed E-state index contributed by atoms with van der Waals surface area (Å²) >= 11 is 0. The zero-order chi connectivity index (χ0) is 14.1. The van der Waals surface area contributed by atoms with Crippen LogP contribution in [-0.4, -0.2) is 53.6 Å². The molecule has 1 atom stereocenters. The van der Waals surface area contributed by atoms with E-state index in [1.165, 1.54) is 0 Å². The quantitative estimate of drug-likeness (QED) is 0.600. The van der Waals surface area contributed by atoms with E-state index in [2.05, 4.69) is 10.6 Å². The number of nitrogens with one attached hydrogen (secondary N) is 2. The third-order valence-corrected chi connectivity index (χ3v) is 2.19. The Bertz CT molecular complexity index is 307. The number of nitrogens with zero attached hydrogens (tertiary/aromatic N) is 1. The zero-order valence-electron chi connectivity index (χ0n) is 11.0. The number of urea groups is 1. The van der Waals surface area contributed by atoms with E-state index in [9.17, 15) is 14.4 Å². The molecule has 0 heterocycles. The summed E-state index contributed by atoms with van der Waals surface area (Å²) in [7, 11) is 0. The molecule has 0 saturated heterocycles. The molecule has 18 heavy (non-hydrogen) atoms. The largest absolute Gasteiger partial charge is 0.480 e. The number of carboxylic acids is 1. The molecular formula is C11H21N3O4. The van der Waals surface area contributed by atoms with Crippen molar-refractivity contribution in [3.05, 3.63) is 0 Å². The maximum atomic E-state index is 11.8. The summed E-state index contributed by atoms with van der Waals surface area (Å²) in [5, 5.41) is 13.7. The first-order chi connectivity index (χ1) is 8.42. The Balaban J connectivity index is 4.40. The monoisotopic (exact) mass is 259 g/mol. The van der Waals surface area contributed by atoms with Crippen LogP contribution < -0.4 is 10.6 Å². The van der Waals surface area contributed by atoms with Gasteiger partial charge in [-0.1, -0.05) is 6.92 Å². The topological polar surface area (TPSA) is 98.7 Å². The van der Waals surface area contributed by atoms with Gasteiger partial charge in [0.05, 0.1) is 0 Å². The van der Waals surface area contributed by atoms with Crippen LogP contribution in [0.4, 0.5) is 4.79 Å². The van der Waals surface area contributed by atoms with Crippen LogP contribution in [0.3, 0.4) is 0 Å². The first kappa shape index (κ1) is 16.2. The molecule has 0 aromatic carbocycles. The van der Waals surface area contributed by atoms with Gasteiger partial charge in [0.1, 0.15) is 12.6 Å². The molecule has 1 unspecified atom stereocenters. The molecule has 7 heteroatoms. The van der Waals surface area contributed by atoms with Crippen molar-refractivity contribution >= 4 is 17.9 Å². The summed E-state index contributed by atoms with van der Waals surface area (Å²) in [4.78, 5) is 35.0. The minimum absolute atomic E-state index is 0.294. The van der Waals surface area contributed by atoms with Crippen molar-refractivity contribution in [2.45, 2.75) is 33.2 Å². The molecule has 0 bridgehead atoms. The summed E-state index contributed by atoms with van der Waals surface area (Å²) in [5.41, 5.74) is 0. The Labute approximate surface area is 107 Å². The number of hydrogen-bond donors (Lipinski definition) is 3. The summed E-state index contributed by atoms with van der Waals surface area (Å²) in [6, 6.07) is -1.23. The fourth-order valence-electron chi connectivity index (χ4n) is 1.35. The van der Waals surface area contributed by atoms with Crippen LogP contribution in [0.25, 0.3) is 0 Å². The minimum Gasteiger partial charge on any atom is -0.480 e. The maximum absolute atomic E-state index is 11.8. The molecule has 0 rings (SSSR count). The van der Waals surface area contributed by atoms with Crippen LogP contribution in [-0.2, 0) is 9.59 Å². The molecule has 0 aliphatic heterocycles. The number of aliphatic carboxylic acids is 1. The van der Waals surface area contributed by atoms with Gasteiger partial charge in [0.15, 0.2) is 0 Å². The molecule has 0 spiro atoms. The van der Waals surface area contributed by atoms with Crippen molar-refractivity contribution in [2.75, 3.05) is 19.6 Å². The van der Waals surface area contributed by atoms with Crippen molar-refractivity contribution < 1.29 is 19.5 Å². The molecule has 0 saturated carbocycles. The Kier molecular flexibility index (Phi) is 7.50. The van der Waals surface area contributed by atoms with E-state index in [4.69, 9.17) is 5.11 Å². The molecule has 0 aromatic heterocycles. The van der Waals surface area contributed by atoms with Gasteiger partial charge in [-0.3, -0.25) is 9.59 Å². The van der Waals surface area contributed by atoms with Gasteiger partial charge in [-0.05, 0) is 20.3 Å². The fraction of sp³-hybridized carbons (Fsp3) is 0.727. The van der Waals surface area contributed by atoms with E-state index < -0.39 is 18.0 Å². The van der Waals surface area contributed by atoms with Crippen LogP contribution in [0.15, 0.2) is 0 Å². The summed E-state index contributed by atoms with van der Waals surface area (Å²) < 4.78 is 0. The summed E-state index contributed by atoms with van der Waals surface area (Å²) in [5.74, 6) is -1.37. The number of carboxylic acid groups (broad SMARTS) is 1. The van der Waals surface area contributed by atoms with Gasteiger partial charge >= 0.3 is 12.0 Å². The van der Waals surface area contributed by atoms with Crippen LogP contribution in [0.5, 0.6) is 0 Å². The minimum atomic E-state index is -1.08. The van der Waals surface area contributed by atoms with Gasteiger partial charge in [-0.25, -0.2) is 4.79 Å². The highest BCUT2D eigenvalue weighted by atomic mass is 16.4. The van der Waals surface area contributed by atoms with E-state index >= 15 is 0 Å². The number of carbonyl (C=O) groups is 3. The number of likely N-dealkylation sites (N-methyl/N-ethyl adjacent to an activating group) is 1. The molecule has 7 nitrogen and oxygen atoms in total. The van der Waals surface area contributed by atoms with Crippen molar-refractivity contribution in [1.82, 2.24) is 15.5 Å². The lowest BCUT2D eigenvalue weighted by Crippen LogP contribution is -2.51. The highest BCUT2D eigenvalue weighted by Gasteiger charge is 2.20. The van der Waals surface area contributed by atoms with E-state index in [-0.39, 0.29) is 12.5 Å². The predicted molar refractivity (Wildman–Crippen MR) is 66.2 cm³/mol. The van der Waals surface area contributed by atoms with Gasteiger partial charge in [0.2, 0.25) is 5.91 Å². The van der Waals surface area contributed by atoms with Gasteiger partial charge in [-0.15, -0.1) is 0 Å². The van der Waals surface area contributed by atoms with Crippen LogP contribution in [0, 0.1) is 0 Å². The fourth-order valence-corrected chi connectivity index (χ4v) is 1.35. The average molecular weight is 259 g/mol. The van der Waals surface area contributed by atoms with E-state index in [0.717, 1.165) is 4.90 Å². The lowest BCUT2D eigenvalue weighted by Gasteiger charge is -2.22. The molecule has 0 aliphatic rings.